The summed E-state index contributed by atoms with van der Waals surface area (Å²) < 4.78 is 43.1. The number of pyridine rings is 1. The second-order valence-corrected chi connectivity index (χ2v) is 11.4. The zero-order chi connectivity index (χ0) is 25.4. The quantitative estimate of drug-likeness (QED) is 0.388. The number of phenolic OH excluding ortho intramolecular Hbond substituents is 1. The molecular formula is C26H29FN4O4S. The van der Waals surface area contributed by atoms with E-state index in [4.69, 9.17) is 0 Å². The lowest BCUT2D eigenvalue weighted by Gasteiger charge is -2.28. The first-order valence-electron chi connectivity index (χ1n) is 12.0. The zero-order valence-corrected chi connectivity index (χ0v) is 20.9. The number of rotatable bonds is 7. The van der Waals surface area contributed by atoms with Crippen LogP contribution in [0.25, 0.3) is 21.7 Å². The number of fused-ring (bicyclic) bond motifs is 2. The Kier molecular flexibility index (Phi) is 6.48. The Morgan fingerprint density at radius 3 is 2.50 bits per heavy atom. The molecule has 190 valence electrons. The molecule has 10 heteroatoms. The standard InChI is InChI=1S/C26H29FN4O4S/c1-29(36(34,35)15-14-30-12-3-2-4-13-30)24-20-6-5-11-28-23(20)25(32)22-21(24)17-31(26(22)33)16-18-7-9-19(27)10-8-18/h5-11,17,32-33H,2-4,12-16H2,1H3. The fourth-order valence-electron chi connectivity index (χ4n) is 4.96. The lowest BCUT2D eigenvalue weighted by molar-refractivity contribution is 0.241. The summed E-state index contributed by atoms with van der Waals surface area (Å²) in [6.07, 6.45) is 6.45. The predicted octanol–water partition coefficient (Wildman–Crippen LogP) is 4.04. The van der Waals surface area contributed by atoms with Gasteiger partial charge in [0, 0.05) is 36.8 Å². The third kappa shape index (κ3) is 4.46. The SMILES string of the molecule is CN(c1c2cccnc2c(O)c2c(O)n(Cc3ccc(F)cc3)cc12)S(=O)(=O)CCN1CCCCC1. The maximum absolute atomic E-state index is 13.5. The van der Waals surface area contributed by atoms with Gasteiger partial charge >= 0.3 is 0 Å². The molecule has 0 spiro atoms. The summed E-state index contributed by atoms with van der Waals surface area (Å²) in [6.45, 7) is 2.45. The van der Waals surface area contributed by atoms with Crippen LogP contribution in [0.5, 0.6) is 11.6 Å². The molecule has 8 nitrogen and oxygen atoms in total. The topological polar surface area (TPSA) is 98.9 Å². The van der Waals surface area contributed by atoms with Crippen molar-refractivity contribution in [3.63, 3.8) is 0 Å². The van der Waals surface area contributed by atoms with E-state index in [0.29, 0.717) is 23.0 Å². The van der Waals surface area contributed by atoms with Crippen LogP contribution in [0.2, 0.25) is 0 Å². The molecule has 1 fully saturated rings. The van der Waals surface area contributed by atoms with Gasteiger partial charge in [-0.3, -0.25) is 9.29 Å². The number of anilines is 1. The number of phenols is 1. The first-order chi connectivity index (χ1) is 17.3. The number of hydrogen-bond acceptors (Lipinski definition) is 6. The van der Waals surface area contributed by atoms with Crippen molar-refractivity contribution in [3.05, 3.63) is 60.2 Å². The van der Waals surface area contributed by atoms with E-state index in [1.807, 2.05) is 0 Å². The Balaban J connectivity index is 1.60. The first kappa shape index (κ1) is 24.3. The molecule has 0 atom stereocenters. The number of aromatic nitrogens is 2. The summed E-state index contributed by atoms with van der Waals surface area (Å²) in [7, 11) is -2.23. The molecule has 0 radical (unpaired) electrons. The third-order valence-corrected chi connectivity index (χ3v) is 8.66. The summed E-state index contributed by atoms with van der Waals surface area (Å²) in [6, 6.07) is 9.27. The molecule has 2 N–H and O–H groups in total. The van der Waals surface area contributed by atoms with Crippen molar-refractivity contribution >= 4 is 37.4 Å². The number of sulfonamides is 1. The van der Waals surface area contributed by atoms with Gasteiger partial charge in [0.15, 0.2) is 5.75 Å². The molecule has 1 saturated heterocycles. The molecule has 0 unspecified atom stereocenters. The van der Waals surface area contributed by atoms with Crippen molar-refractivity contribution in [2.45, 2.75) is 25.8 Å². The van der Waals surface area contributed by atoms with Gasteiger partial charge in [0.25, 0.3) is 0 Å². The van der Waals surface area contributed by atoms with E-state index in [1.165, 1.54) is 40.7 Å². The number of benzene rings is 2. The summed E-state index contributed by atoms with van der Waals surface area (Å²) >= 11 is 0. The molecule has 2 aromatic heterocycles. The van der Waals surface area contributed by atoms with E-state index >= 15 is 0 Å². The monoisotopic (exact) mass is 512 g/mol. The Labute approximate surface area is 209 Å². The van der Waals surface area contributed by atoms with E-state index in [0.717, 1.165) is 31.5 Å². The van der Waals surface area contributed by atoms with Crippen molar-refractivity contribution in [1.82, 2.24) is 14.5 Å². The van der Waals surface area contributed by atoms with Crippen LogP contribution in [0.4, 0.5) is 10.1 Å². The van der Waals surface area contributed by atoms with Crippen LogP contribution in [0.1, 0.15) is 24.8 Å². The van der Waals surface area contributed by atoms with Crippen molar-refractivity contribution in [2.24, 2.45) is 0 Å². The van der Waals surface area contributed by atoms with Gasteiger partial charge in [-0.2, -0.15) is 0 Å². The highest BCUT2D eigenvalue weighted by Crippen LogP contribution is 2.46. The molecule has 3 heterocycles. The van der Waals surface area contributed by atoms with Crippen LogP contribution in [-0.2, 0) is 16.6 Å². The van der Waals surface area contributed by atoms with Gasteiger partial charge in [-0.25, -0.2) is 12.8 Å². The lowest BCUT2D eigenvalue weighted by Crippen LogP contribution is -2.38. The fourth-order valence-corrected chi connectivity index (χ4v) is 6.19. The molecule has 5 rings (SSSR count). The normalized spacial score (nSPS) is 15.1. The van der Waals surface area contributed by atoms with Gasteiger partial charge in [0.05, 0.1) is 23.4 Å². The Bertz CT molecular complexity index is 1510. The first-order valence-corrected chi connectivity index (χ1v) is 13.6. The molecule has 0 aliphatic carbocycles. The van der Waals surface area contributed by atoms with Gasteiger partial charge in [-0.1, -0.05) is 18.6 Å². The van der Waals surface area contributed by atoms with Crippen LogP contribution < -0.4 is 4.31 Å². The van der Waals surface area contributed by atoms with Gasteiger partial charge in [-0.05, 0) is 55.8 Å². The van der Waals surface area contributed by atoms with Crippen molar-refractivity contribution in [2.75, 3.05) is 36.7 Å². The minimum atomic E-state index is -3.73. The summed E-state index contributed by atoms with van der Waals surface area (Å²) in [4.78, 5) is 6.45. The van der Waals surface area contributed by atoms with E-state index in [2.05, 4.69) is 9.88 Å². The molecule has 4 aromatic rings. The summed E-state index contributed by atoms with van der Waals surface area (Å²) in [5, 5.41) is 23.1. The van der Waals surface area contributed by atoms with Gasteiger partial charge in [0.1, 0.15) is 11.3 Å². The molecule has 0 saturated carbocycles. The fraction of sp³-hybridized carbons (Fsp3) is 0.346. The molecule has 36 heavy (non-hydrogen) atoms. The van der Waals surface area contributed by atoms with Gasteiger partial charge in [0.2, 0.25) is 15.9 Å². The van der Waals surface area contributed by atoms with Gasteiger partial charge < -0.3 is 19.7 Å². The highest BCUT2D eigenvalue weighted by atomic mass is 32.2. The zero-order valence-electron chi connectivity index (χ0n) is 20.1. The van der Waals surface area contributed by atoms with Crippen LogP contribution in [0.15, 0.2) is 48.8 Å². The minimum Gasteiger partial charge on any atom is -0.505 e. The molecular weight excluding hydrogens is 483 g/mol. The van der Waals surface area contributed by atoms with Gasteiger partial charge in [-0.15, -0.1) is 0 Å². The number of nitrogens with zero attached hydrogens (tertiary/aromatic N) is 4. The van der Waals surface area contributed by atoms with E-state index in [9.17, 15) is 23.0 Å². The minimum absolute atomic E-state index is 0.0457. The number of halogens is 1. The largest absolute Gasteiger partial charge is 0.505 e. The third-order valence-electron chi connectivity index (χ3n) is 6.94. The average Bonchev–Trinajstić information content (AvgIpc) is 3.20. The second kappa shape index (κ2) is 9.59. The maximum Gasteiger partial charge on any atom is 0.236 e. The molecule has 1 aliphatic heterocycles. The van der Waals surface area contributed by atoms with E-state index < -0.39 is 10.0 Å². The van der Waals surface area contributed by atoms with Crippen LogP contribution in [0.3, 0.4) is 0 Å². The smallest absolute Gasteiger partial charge is 0.236 e. The highest BCUT2D eigenvalue weighted by Gasteiger charge is 2.28. The Hall–Kier alpha value is -3.37. The Morgan fingerprint density at radius 1 is 1.06 bits per heavy atom. The predicted molar refractivity (Wildman–Crippen MR) is 139 cm³/mol. The number of likely N-dealkylation sites (tertiary alicyclic amines) is 1. The average molecular weight is 513 g/mol. The van der Waals surface area contributed by atoms with Crippen LogP contribution in [-0.4, -0.2) is 65.5 Å². The van der Waals surface area contributed by atoms with Crippen LogP contribution >= 0.6 is 0 Å². The van der Waals surface area contributed by atoms with E-state index in [1.54, 1.807) is 30.5 Å². The van der Waals surface area contributed by atoms with Crippen LogP contribution in [0, 0.1) is 5.82 Å². The molecule has 0 amide bonds. The van der Waals surface area contributed by atoms with E-state index in [-0.39, 0.29) is 40.6 Å². The van der Waals surface area contributed by atoms with Crippen molar-refractivity contribution < 1.29 is 23.0 Å². The Morgan fingerprint density at radius 2 is 1.78 bits per heavy atom. The van der Waals surface area contributed by atoms with Crippen molar-refractivity contribution in [3.8, 4) is 11.6 Å². The van der Waals surface area contributed by atoms with Crippen molar-refractivity contribution in [1.29, 1.82) is 0 Å². The molecule has 0 bridgehead atoms. The summed E-state index contributed by atoms with van der Waals surface area (Å²) in [5.41, 5.74) is 1.28. The maximum atomic E-state index is 13.5. The molecule has 2 aromatic carbocycles. The number of piperidine rings is 1. The number of aromatic hydroxyl groups is 2. The molecule has 1 aliphatic rings. The lowest BCUT2D eigenvalue weighted by atomic mass is 10.1. The number of hydrogen-bond donors (Lipinski definition) is 2. The highest BCUT2D eigenvalue weighted by molar-refractivity contribution is 7.92. The summed E-state index contributed by atoms with van der Waals surface area (Å²) in [5.74, 6) is -0.858. The second-order valence-electron chi connectivity index (χ2n) is 9.28.